The molecule has 2 aliphatic heterocycles. The molecule has 0 bridgehead atoms. The molecule has 0 radical (unpaired) electrons. The van der Waals surface area contributed by atoms with E-state index in [9.17, 15) is 43.0 Å². The molecule has 0 aliphatic carbocycles. The first kappa shape index (κ1) is 28.8. The number of methoxy groups -OCH3 is 1. The third kappa shape index (κ3) is 6.81. The largest absolute Gasteiger partial charge is 0.479 e. The number of aliphatic hydroxyl groups excluding tert-OH is 3. The van der Waals surface area contributed by atoms with Crippen molar-refractivity contribution < 1.29 is 66.1 Å². The first-order valence-corrected chi connectivity index (χ1v) is 11.8. The Bertz CT molecular complexity index is 808. The van der Waals surface area contributed by atoms with Crippen LogP contribution in [0.15, 0.2) is 0 Å². The molecule has 10 atom stereocenters. The average molecular weight is 518 g/mol. The van der Waals surface area contributed by atoms with E-state index in [1.54, 1.807) is 6.92 Å². The van der Waals surface area contributed by atoms with Crippen LogP contribution in [0, 0.1) is 5.92 Å². The number of aliphatic carboxylic acids is 1. The van der Waals surface area contributed by atoms with Gasteiger partial charge in [0.25, 0.3) is 0 Å². The summed E-state index contributed by atoms with van der Waals surface area (Å²) in [6.07, 6.45) is -11.5. The van der Waals surface area contributed by atoms with Gasteiger partial charge in [-0.05, 0) is 6.42 Å². The van der Waals surface area contributed by atoms with Gasteiger partial charge in [-0.2, -0.15) is 8.42 Å². The molecule has 34 heavy (non-hydrogen) atoms. The van der Waals surface area contributed by atoms with Crippen LogP contribution in [0.3, 0.4) is 0 Å². The van der Waals surface area contributed by atoms with Crippen molar-refractivity contribution >= 4 is 22.3 Å². The SMILES string of the molecule is CC[C@H]1[C@H](O)[C@@H](O)[C@@H](CO[C@@H]2[C@@H](NC(C)=O)[C@H](OC)O[C@H](CO)[C@@H]2OS(=O)(=O)O)O[C@H]1C(=O)O. The summed E-state index contributed by atoms with van der Waals surface area (Å²) < 4.78 is 58.5. The summed E-state index contributed by atoms with van der Waals surface area (Å²) in [6.45, 7) is 1.37. The maximum absolute atomic E-state index is 11.8. The second kappa shape index (κ2) is 12.0. The number of ether oxygens (including phenoxy) is 4. The molecule has 6 N–H and O–H groups in total. The van der Waals surface area contributed by atoms with Gasteiger partial charge in [-0.3, -0.25) is 9.35 Å². The Morgan fingerprint density at radius 3 is 2.21 bits per heavy atom. The quantitative estimate of drug-likeness (QED) is 0.159. The molecule has 198 valence electrons. The lowest BCUT2D eigenvalue weighted by molar-refractivity contribution is -0.275. The zero-order valence-electron chi connectivity index (χ0n) is 18.7. The molecule has 0 saturated carbocycles. The second-order valence-electron chi connectivity index (χ2n) is 7.96. The molecule has 16 heteroatoms. The summed E-state index contributed by atoms with van der Waals surface area (Å²) >= 11 is 0. The van der Waals surface area contributed by atoms with Gasteiger partial charge in [-0.15, -0.1) is 0 Å². The number of rotatable bonds is 10. The van der Waals surface area contributed by atoms with Crippen molar-refractivity contribution in [3.63, 3.8) is 0 Å². The molecule has 2 rings (SSSR count). The van der Waals surface area contributed by atoms with Crippen LogP contribution in [-0.4, -0.2) is 121 Å². The third-order valence-electron chi connectivity index (χ3n) is 5.71. The smallest absolute Gasteiger partial charge is 0.397 e. The molecule has 2 saturated heterocycles. The van der Waals surface area contributed by atoms with Crippen molar-refractivity contribution in [2.45, 2.75) is 75.3 Å². The minimum atomic E-state index is -5.09. The zero-order chi connectivity index (χ0) is 25.8. The van der Waals surface area contributed by atoms with Crippen molar-refractivity contribution in [3.05, 3.63) is 0 Å². The van der Waals surface area contributed by atoms with E-state index in [4.69, 9.17) is 18.9 Å². The van der Waals surface area contributed by atoms with E-state index in [0.717, 1.165) is 6.92 Å². The molecular formula is C18H31NO14S. The Hall–Kier alpha value is -1.47. The molecular weight excluding hydrogens is 486 g/mol. The highest BCUT2D eigenvalue weighted by atomic mass is 32.3. The highest BCUT2D eigenvalue weighted by Gasteiger charge is 2.51. The fourth-order valence-electron chi connectivity index (χ4n) is 4.16. The van der Waals surface area contributed by atoms with Crippen LogP contribution in [0.4, 0.5) is 0 Å². The standard InChI is InChI=1S/C18H31NO14S/c1-4-8-12(22)13(23)10(31-14(8)17(24)25)6-30-16-11(19-7(2)21)18(29-3)32-9(5-20)15(16)33-34(26,27)28/h8-16,18,20,22-23H,4-6H2,1-3H3,(H,19,21)(H,24,25)(H,26,27,28)/t8-,9+,10+,11+,12-,13-,14+,15-,16+,18+/m0/s1. The summed E-state index contributed by atoms with van der Waals surface area (Å²) in [4.78, 5) is 23.3. The van der Waals surface area contributed by atoms with Gasteiger partial charge in [0.05, 0.1) is 19.3 Å². The number of hydrogen-bond donors (Lipinski definition) is 6. The van der Waals surface area contributed by atoms with Gasteiger partial charge in [0.2, 0.25) is 5.91 Å². The topological polar surface area (TPSA) is 228 Å². The van der Waals surface area contributed by atoms with Crippen molar-refractivity contribution in [2.24, 2.45) is 5.92 Å². The first-order valence-electron chi connectivity index (χ1n) is 10.4. The molecule has 1 amide bonds. The molecule has 2 heterocycles. The summed E-state index contributed by atoms with van der Waals surface area (Å²) in [6, 6.07) is -1.23. The van der Waals surface area contributed by atoms with Crippen LogP contribution in [0.5, 0.6) is 0 Å². The number of carboxylic acids is 1. The van der Waals surface area contributed by atoms with Gasteiger partial charge in [0.1, 0.15) is 36.6 Å². The van der Waals surface area contributed by atoms with E-state index in [0.29, 0.717) is 0 Å². The lowest BCUT2D eigenvalue weighted by atomic mass is 9.85. The Kier molecular flexibility index (Phi) is 10.1. The van der Waals surface area contributed by atoms with Gasteiger partial charge in [-0.1, -0.05) is 6.92 Å². The van der Waals surface area contributed by atoms with Crippen LogP contribution in [0.25, 0.3) is 0 Å². The predicted octanol–water partition coefficient (Wildman–Crippen LogP) is -2.97. The van der Waals surface area contributed by atoms with E-state index < -0.39 is 96.5 Å². The number of carboxylic acid groups (broad SMARTS) is 1. The number of nitrogens with one attached hydrogen (secondary N) is 1. The highest BCUT2D eigenvalue weighted by Crippen LogP contribution is 2.31. The lowest BCUT2D eigenvalue weighted by Gasteiger charge is -2.46. The van der Waals surface area contributed by atoms with Gasteiger partial charge in [-0.25, -0.2) is 8.98 Å². The molecule has 15 nitrogen and oxygen atoms in total. The monoisotopic (exact) mass is 517 g/mol. The van der Waals surface area contributed by atoms with Crippen molar-refractivity contribution in [1.82, 2.24) is 5.32 Å². The Morgan fingerprint density at radius 1 is 1.09 bits per heavy atom. The van der Waals surface area contributed by atoms with Crippen LogP contribution in [0.1, 0.15) is 20.3 Å². The van der Waals surface area contributed by atoms with Gasteiger partial charge < -0.3 is 44.7 Å². The number of aliphatic hydroxyl groups is 3. The number of amides is 1. The predicted molar refractivity (Wildman–Crippen MR) is 109 cm³/mol. The fraction of sp³-hybridized carbons (Fsp3) is 0.889. The maximum Gasteiger partial charge on any atom is 0.397 e. The van der Waals surface area contributed by atoms with Crippen molar-refractivity contribution in [1.29, 1.82) is 0 Å². The van der Waals surface area contributed by atoms with Crippen LogP contribution in [-0.2, 0) is 43.1 Å². The van der Waals surface area contributed by atoms with Crippen LogP contribution < -0.4 is 5.32 Å². The summed E-state index contributed by atoms with van der Waals surface area (Å²) in [7, 11) is -3.88. The fourth-order valence-corrected chi connectivity index (χ4v) is 4.67. The minimum Gasteiger partial charge on any atom is -0.479 e. The molecule has 0 aromatic heterocycles. The zero-order valence-corrected chi connectivity index (χ0v) is 19.5. The number of carbonyl (C=O) groups excluding carboxylic acids is 1. The summed E-state index contributed by atoms with van der Waals surface area (Å²) in [5, 5.41) is 42.4. The Labute approximate surface area is 195 Å². The number of carbonyl (C=O) groups is 2. The molecule has 2 aliphatic rings. The summed E-state index contributed by atoms with van der Waals surface area (Å²) in [5.41, 5.74) is 0. The van der Waals surface area contributed by atoms with Gasteiger partial charge in [0, 0.05) is 20.0 Å². The van der Waals surface area contributed by atoms with Crippen LogP contribution in [0.2, 0.25) is 0 Å². The molecule has 2 fully saturated rings. The maximum atomic E-state index is 11.8. The molecule has 0 unspecified atom stereocenters. The van der Waals surface area contributed by atoms with Crippen molar-refractivity contribution in [3.8, 4) is 0 Å². The van der Waals surface area contributed by atoms with E-state index >= 15 is 0 Å². The minimum absolute atomic E-state index is 0.200. The van der Waals surface area contributed by atoms with Gasteiger partial charge in [0.15, 0.2) is 12.4 Å². The molecule has 0 aromatic carbocycles. The number of hydrogen-bond acceptors (Lipinski definition) is 12. The van der Waals surface area contributed by atoms with E-state index in [2.05, 4.69) is 9.50 Å². The van der Waals surface area contributed by atoms with E-state index in [-0.39, 0.29) is 6.42 Å². The normalized spacial score (nSPS) is 38.9. The lowest BCUT2D eigenvalue weighted by Crippen LogP contribution is -2.66. The average Bonchev–Trinajstić information content (AvgIpc) is 2.74. The first-order chi connectivity index (χ1) is 15.8. The van der Waals surface area contributed by atoms with Gasteiger partial charge >= 0.3 is 16.4 Å². The Balaban J connectivity index is 2.34. The van der Waals surface area contributed by atoms with Crippen molar-refractivity contribution in [2.75, 3.05) is 20.3 Å². The molecule has 0 aromatic rings. The third-order valence-corrected chi connectivity index (χ3v) is 6.17. The molecule has 0 spiro atoms. The van der Waals surface area contributed by atoms with E-state index in [1.165, 1.54) is 7.11 Å². The van der Waals surface area contributed by atoms with Crippen LogP contribution >= 0.6 is 0 Å². The Morgan fingerprint density at radius 2 is 1.74 bits per heavy atom. The highest BCUT2D eigenvalue weighted by molar-refractivity contribution is 7.80. The van der Waals surface area contributed by atoms with E-state index in [1.807, 2.05) is 0 Å². The second-order valence-corrected chi connectivity index (χ2v) is 9.01. The summed E-state index contributed by atoms with van der Waals surface area (Å²) in [5.74, 6) is -2.86.